The highest BCUT2D eigenvalue weighted by molar-refractivity contribution is 7.11. The van der Waals surface area contributed by atoms with E-state index in [9.17, 15) is 0 Å². The van der Waals surface area contributed by atoms with Crippen LogP contribution in [-0.4, -0.2) is 22.6 Å². The second-order valence-corrected chi connectivity index (χ2v) is 4.27. The maximum absolute atomic E-state index is 8.33. The third-order valence-corrected chi connectivity index (χ3v) is 2.82. The highest BCUT2D eigenvalue weighted by atomic mass is 32.1. The predicted molar refractivity (Wildman–Crippen MR) is 56.7 cm³/mol. The largest absolute Gasteiger partial charge is 0.409 e. The number of nitrogens with one attached hydrogen (secondary N) is 1. The van der Waals surface area contributed by atoms with Gasteiger partial charge in [0.2, 0.25) is 0 Å². The monoisotopic (exact) mass is 214 g/mol. The Morgan fingerprint density at radius 1 is 1.86 bits per heavy atom. The smallest absolute Gasteiger partial charge is 0.153 e. The van der Waals surface area contributed by atoms with E-state index in [1.165, 1.54) is 4.88 Å². The second kappa shape index (κ2) is 4.92. The van der Waals surface area contributed by atoms with Crippen LogP contribution in [0, 0.1) is 6.92 Å². The number of aryl methyl sites for hydroxylation is 1. The molecular formula is C8H14N4OS. The number of nitrogens with two attached hydrogens (primary N) is 1. The van der Waals surface area contributed by atoms with Gasteiger partial charge in [0.15, 0.2) is 5.84 Å². The number of hydrogen-bond donors (Lipinski definition) is 3. The topological polar surface area (TPSA) is 83.5 Å². The molecule has 0 saturated heterocycles. The van der Waals surface area contributed by atoms with E-state index in [2.05, 4.69) is 15.5 Å². The zero-order valence-corrected chi connectivity index (χ0v) is 9.01. The maximum Gasteiger partial charge on any atom is 0.153 e. The van der Waals surface area contributed by atoms with Crippen molar-refractivity contribution in [3.8, 4) is 0 Å². The Hall–Kier alpha value is -1.14. The van der Waals surface area contributed by atoms with E-state index in [4.69, 9.17) is 10.9 Å². The molecule has 1 heterocycles. The van der Waals surface area contributed by atoms with E-state index in [0.717, 1.165) is 5.01 Å². The number of rotatable bonds is 4. The van der Waals surface area contributed by atoms with Gasteiger partial charge in [0.05, 0.1) is 12.6 Å². The summed E-state index contributed by atoms with van der Waals surface area (Å²) in [5.74, 6) is 0.171. The molecule has 0 spiro atoms. The zero-order valence-electron chi connectivity index (χ0n) is 8.19. The summed E-state index contributed by atoms with van der Waals surface area (Å²) >= 11 is 1.64. The average molecular weight is 214 g/mol. The van der Waals surface area contributed by atoms with Gasteiger partial charge >= 0.3 is 0 Å². The third kappa shape index (κ3) is 2.97. The van der Waals surface area contributed by atoms with Crippen molar-refractivity contribution in [1.29, 1.82) is 0 Å². The van der Waals surface area contributed by atoms with Crippen molar-refractivity contribution in [3.05, 3.63) is 16.1 Å². The molecule has 0 radical (unpaired) electrons. The Morgan fingerprint density at radius 3 is 3.07 bits per heavy atom. The number of thiazole rings is 1. The molecule has 1 aromatic rings. The van der Waals surface area contributed by atoms with Crippen LogP contribution in [0.5, 0.6) is 0 Å². The Kier molecular flexibility index (Phi) is 3.84. The van der Waals surface area contributed by atoms with Crippen LogP contribution in [0.25, 0.3) is 0 Å². The lowest BCUT2D eigenvalue weighted by Crippen LogP contribution is -2.30. The molecule has 1 rings (SSSR count). The second-order valence-electron chi connectivity index (χ2n) is 3.00. The maximum atomic E-state index is 8.33. The van der Waals surface area contributed by atoms with Crippen molar-refractivity contribution in [3.63, 3.8) is 0 Å². The molecule has 0 fully saturated rings. The molecule has 78 valence electrons. The van der Waals surface area contributed by atoms with Crippen LogP contribution in [0.15, 0.2) is 11.4 Å². The molecule has 0 amide bonds. The minimum atomic E-state index is 0.119. The quantitative estimate of drug-likeness (QED) is 0.300. The Balaban J connectivity index is 2.47. The van der Waals surface area contributed by atoms with E-state index >= 15 is 0 Å². The van der Waals surface area contributed by atoms with Crippen LogP contribution in [-0.2, 0) is 0 Å². The lowest BCUT2D eigenvalue weighted by Gasteiger charge is -2.09. The van der Waals surface area contributed by atoms with Gasteiger partial charge in [0.25, 0.3) is 0 Å². The molecule has 14 heavy (non-hydrogen) atoms. The number of oxime groups is 1. The van der Waals surface area contributed by atoms with E-state index in [1.54, 1.807) is 11.3 Å². The van der Waals surface area contributed by atoms with Crippen LogP contribution in [0.2, 0.25) is 0 Å². The summed E-state index contributed by atoms with van der Waals surface area (Å²) in [5.41, 5.74) is 5.33. The summed E-state index contributed by atoms with van der Waals surface area (Å²) in [5, 5.41) is 15.3. The van der Waals surface area contributed by atoms with Crippen molar-refractivity contribution in [2.75, 3.05) is 6.54 Å². The molecule has 0 bridgehead atoms. The van der Waals surface area contributed by atoms with Crippen molar-refractivity contribution in [2.45, 2.75) is 19.9 Å². The first kappa shape index (κ1) is 10.9. The van der Waals surface area contributed by atoms with Gasteiger partial charge in [0, 0.05) is 11.1 Å². The normalized spacial score (nSPS) is 14.3. The van der Waals surface area contributed by atoms with Gasteiger partial charge in [-0.05, 0) is 13.8 Å². The van der Waals surface area contributed by atoms with Gasteiger partial charge in [0.1, 0.15) is 5.01 Å². The molecule has 6 heteroatoms. The van der Waals surface area contributed by atoms with E-state index in [-0.39, 0.29) is 11.9 Å². The molecule has 1 atom stereocenters. The Bertz CT molecular complexity index is 323. The summed E-state index contributed by atoms with van der Waals surface area (Å²) in [4.78, 5) is 5.41. The fourth-order valence-corrected chi connectivity index (χ4v) is 1.75. The predicted octanol–water partition coefficient (Wildman–Crippen LogP) is 0.849. The van der Waals surface area contributed by atoms with Gasteiger partial charge in [-0.2, -0.15) is 0 Å². The van der Waals surface area contributed by atoms with Gasteiger partial charge in [-0.1, -0.05) is 5.16 Å². The Labute approximate surface area is 86.6 Å². The first-order chi connectivity index (χ1) is 6.63. The number of nitrogens with zero attached hydrogens (tertiary/aromatic N) is 2. The van der Waals surface area contributed by atoms with Gasteiger partial charge in [-0.3, -0.25) is 0 Å². The highest BCUT2D eigenvalue weighted by Crippen LogP contribution is 2.18. The summed E-state index contributed by atoms with van der Waals surface area (Å²) in [6.07, 6.45) is 1.83. The van der Waals surface area contributed by atoms with Crippen molar-refractivity contribution in [2.24, 2.45) is 10.9 Å². The van der Waals surface area contributed by atoms with Gasteiger partial charge in [-0.25, -0.2) is 4.98 Å². The number of hydrogen-bond acceptors (Lipinski definition) is 5. The van der Waals surface area contributed by atoms with Gasteiger partial charge in [-0.15, -0.1) is 11.3 Å². The lowest BCUT2D eigenvalue weighted by atomic mass is 10.3. The SMILES string of the molecule is Cc1cnc(C(C)NC/C(N)=N/O)s1. The third-order valence-electron chi connectivity index (χ3n) is 1.73. The van der Waals surface area contributed by atoms with Crippen LogP contribution in [0.4, 0.5) is 0 Å². The van der Waals surface area contributed by atoms with Gasteiger partial charge < -0.3 is 16.3 Å². The van der Waals surface area contributed by atoms with Crippen molar-refractivity contribution in [1.82, 2.24) is 10.3 Å². The molecule has 0 aliphatic heterocycles. The summed E-state index contributed by atoms with van der Waals surface area (Å²) in [6, 6.07) is 0.119. The molecule has 0 aliphatic carbocycles. The average Bonchev–Trinajstić information content (AvgIpc) is 2.60. The standard InChI is InChI=1S/C8H14N4OS/c1-5-3-11-8(14-5)6(2)10-4-7(9)12-13/h3,6,10,13H,4H2,1-2H3,(H2,9,12). The van der Waals surface area contributed by atoms with Crippen LogP contribution in [0.1, 0.15) is 22.9 Å². The van der Waals surface area contributed by atoms with Crippen molar-refractivity contribution < 1.29 is 5.21 Å². The first-order valence-corrected chi connectivity index (χ1v) is 5.07. The Morgan fingerprint density at radius 2 is 2.57 bits per heavy atom. The minimum absolute atomic E-state index is 0.119. The zero-order chi connectivity index (χ0) is 10.6. The highest BCUT2D eigenvalue weighted by Gasteiger charge is 2.08. The van der Waals surface area contributed by atoms with E-state index in [0.29, 0.717) is 6.54 Å². The van der Waals surface area contributed by atoms with Crippen molar-refractivity contribution >= 4 is 17.2 Å². The molecular weight excluding hydrogens is 200 g/mol. The minimum Gasteiger partial charge on any atom is -0.409 e. The molecule has 1 unspecified atom stereocenters. The molecule has 4 N–H and O–H groups in total. The fraction of sp³-hybridized carbons (Fsp3) is 0.500. The molecule has 0 aliphatic rings. The summed E-state index contributed by atoms with van der Waals surface area (Å²) in [6.45, 7) is 4.36. The van der Waals surface area contributed by atoms with E-state index in [1.807, 2.05) is 20.0 Å². The van der Waals surface area contributed by atoms with Crippen LogP contribution < -0.4 is 11.1 Å². The summed E-state index contributed by atoms with van der Waals surface area (Å²) in [7, 11) is 0. The van der Waals surface area contributed by atoms with Crippen LogP contribution in [0.3, 0.4) is 0 Å². The number of amidine groups is 1. The molecule has 1 aromatic heterocycles. The fourth-order valence-electron chi connectivity index (χ4n) is 0.953. The van der Waals surface area contributed by atoms with E-state index < -0.39 is 0 Å². The molecule has 0 saturated carbocycles. The molecule has 0 aromatic carbocycles. The number of aromatic nitrogens is 1. The van der Waals surface area contributed by atoms with Crippen LogP contribution >= 0.6 is 11.3 Å². The lowest BCUT2D eigenvalue weighted by molar-refractivity contribution is 0.316. The molecule has 5 nitrogen and oxygen atoms in total. The first-order valence-electron chi connectivity index (χ1n) is 4.25. The summed E-state index contributed by atoms with van der Waals surface area (Å²) < 4.78 is 0.